The largest absolute Gasteiger partial charge is 0.375 e. The number of rotatable bonds is 4. The number of nitro groups is 1. The molecule has 21 heavy (non-hydrogen) atoms. The molecule has 0 aliphatic carbocycles. The lowest BCUT2D eigenvalue weighted by atomic mass is 10.1. The number of nitrogens with zero attached hydrogens (tertiary/aromatic N) is 1. The summed E-state index contributed by atoms with van der Waals surface area (Å²) >= 11 is 0. The number of para-hydroxylation sites is 1. The second-order valence-corrected chi connectivity index (χ2v) is 4.79. The number of nitro benzene ring substituents is 1. The van der Waals surface area contributed by atoms with Gasteiger partial charge in [-0.3, -0.25) is 10.1 Å². The van der Waals surface area contributed by atoms with Gasteiger partial charge in [0.25, 0.3) is 0 Å². The van der Waals surface area contributed by atoms with E-state index in [-0.39, 0.29) is 18.0 Å². The molecule has 0 spiro atoms. The van der Waals surface area contributed by atoms with Gasteiger partial charge in [-0.1, -0.05) is 18.2 Å². The molecule has 0 heterocycles. The molecule has 4 nitrogen and oxygen atoms in total. The summed E-state index contributed by atoms with van der Waals surface area (Å²) < 4.78 is 27.0. The third-order valence-corrected chi connectivity index (χ3v) is 3.15. The van der Waals surface area contributed by atoms with E-state index in [4.69, 9.17) is 0 Å². The monoisotopic (exact) mass is 292 g/mol. The lowest BCUT2D eigenvalue weighted by Gasteiger charge is -2.10. The SMILES string of the molecule is Cc1cc(CNc2cccc(F)c2[N+](=O)[O-])cc(C)c1F. The van der Waals surface area contributed by atoms with Crippen LogP contribution in [0.2, 0.25) is 0 Å². The second kappa shape index (κ2) is 5.87. The Bertz CT molecular complexity index is 679. The van der Waals surface area contributed by atoms with Crippen molar-refractivity contribution in [1.82, 2.24) is 0 Å². The van der Waals surface area contributed by atoms with Crippen molar-refractivity contribution in [3.05, 3.63) is 68.8 Å². The number of benzene rings is 2. The van der Waals surface area contributed by atoms with Crippen LogP contribution in [0.4, 0.5) is 20.2 Å². The van der Waals surface area contributed by atoms with Crippen LogP contribution >= 0.6 is 0 Å². The molecular weight excluding hydrogens is 278 g/mol. The fraction of sp³-hybridized carbons (Fsp3) is 0.200. The van der Waals surface area contributed by atoms with Gasteiger partial charge in [-0.2, -0.15) is 4.39 Å². The normalized spacial score (nSPS) is 10.5. The Hall–Kier alpha value is -2.50. The summed E-state index contributed by atoms with van der Waals surface area (Å²) in [5.41, 5.74) is 1.28. The number of anilines is 1. The quantitative estimate of drug-likeness (QED) is 0.681. The van der Waals surface area contributed by atoms with E-state index in [9.17, 15) is 18.9 Å². The molecule has 0 aromatic heterocycles. The highest BCUT2D eigenvalue weighted by atomic mass is 19.1. The van der Waals surface area contributed by atoms with Crippen LogP contribution in [0, 0.1) is 35.6 Å². The van der Waals surface area contributed by atoms with Crippen LogP contribution in [0.3, 0.4) is 0 Å². The maximum Gasteiger partial charge on any atom is 0.327 e. The van der Waals surface area contributed by atoms with Gasteiger partial charge >= 0.3 is 5.69 Å². The van der Waals surface area contributed by atoms with Gasteiger partial charge in [-0.25, -0.2) is 4.39 Å². The lowest BCUT2D eigenvalue weighted by Crippen LogP contribution is -2.05. The fourth-order valence-electron chi connectivity index (χ4n) is 2.18. The molecule has 2 rings (SSSR count). The molecule has 0 fully saturated rings. The van der Waals surface area contributed by atoms with E-state index >= 15 is 0 Å². The first-order chi connectivity index (χ1) is 9.90. The zero-order chi connectivity index (χ0) is 15.6. The van der Waals surface area contributed by atoms with Crippen molar-refractivity contribution < 1.29 is 13.7 Å². The lowest BCUT2D eigenvalue weighted by molar-refractivity contribution is -0.386. The van der Waals surface area contributed by atoms with E-state index in [1.54, 1.807) is 26.0 Å². The molecule has 110 valence electrons. The zero-order valence-corrected chi connectivity index (χ0v) is 11.6. The molecule has 0 saturated carbocycles. The minimum Gasteiger partial charge on any atom is -0.375 e. The van der Waals surface area contributed by atoms with Crippen molar-refractivity contribution in [3.63, 3.8) is 0 Å². The predicted octanol–water partition coefficient (Wildman–Crippen LogP) is 4.10. The molecule has 0 amide bonds. The third-order valence-electron chi connectivity index (χ3n) is 3.15. The van der Waals surface area contributed by atoms with Crippen molar-refractivity contribution in [2.45, 2.75) is 20.4 Å². The standard InChI is InChI=1S/C15H14F2N2O2/c1-9-6-11(7-10(2)14(9)17)8-18-13-5-3-4-12(16)15(13)19(20)21/h3-7,18H,8H2,1-2H3. The Morgan fingerprint density at radius 1 is 1.19 bits per heavy atom. The van der Waals surface area contributed by atoms with Gasteiger partial charge in [0, 0.05) is 6.54 Å². The molecule has 0 radical (unpaired) electrons. The van der Waals surface area contributed by atoms with E-state index in [2.05, 4.69) is 5.32 Å². The first kappa shape index (κ1) is 14.9. The Morgan fingerprint density at radius 3 is 2.38 bits per heavy atom. The van der Waals surface area contributed by atoms with E-state index in [0.29, 0.717) is 11.1 Å². The highest BCUT2D eigenvalue weighted by Crippen LogP contribution is 2.27. The van der Waals surface area contributed by atoms with Crippen molar-refractivity contribution in [3.8, 4) is 0 Å². The van der Waals surface area contributed by atoms with Gasteiger partial charge in [0.15, 0.2) is 0 Å². The highest BCUT2D eigenvalue weighted by Gasteiger charge is 2.19. The summed E-state index contributed by atoms with van der Waals surface area (Å²) in [6.07, 6.45) is 0. The first-order valence-electron chi connectivity index (χ1n) is 6.32. The molecule has 6 heteroatoms. The molecule has 0 atom stereocenters. The molecule has 0 aliphatic heterocycles. The third kappa shape index (κ3) is 3.16. The number of hydrogen-bond donors (Lipinski definition) is 1. The van der Waals surface area contributed by atoms with Gasteiger partial charge in [-0.15, -0.1) is 0 Å². The summed E-state index contributed by atoms with van der Waals surface area (Å²) in [7, 11) is 0. The molecule has 0 bridgehead atoms. The Balaban J connectivity index is 2.25. The molecular formula is C15H14F2N2O2. The Labute approximate surface area is 120 Å². The Morgan fingerprint density at radius 2 is 1.81 bits per heavy atom. The van der Waals surface area contributed by atoms with Crippen LogP contribution in [0.1, 0.15) is 16.7 Å². The fourth-order valence-corrected chi connectivity index (χ4v) is 2.18. The number of aryl methyl sites for hydroxylation is 2. The van der Waals surface area contributed by atoms with E-state index in [1.807, 2.05) is 0 Å². The minimum atomic E-state index is -0.892. The smallest absolute Gasteiger partial charge is 0.327 e. The van der Waals surface area contributed by atoms with Crippen LogP contribution in [-0.4, -0.2) is 4.92 Å². The minimum absolute atomic E-state index is 0.0969. The van der Waals surface area contributed by atoms with Crippen LogP contribution in [-0.2, 0) is 6.54 Å². The average Bonchev–Trinajstić information content (AvgIpc) is 2.41. The highest BCUT2D eigenvalue weighted by molar-refractivity contribution is 5.62. The van der Waals surface area contributed by atoms with Gasteiger partial charge < -0.3 is 5.32 Å². The topological polar surface area (TPSA) is 55.2 Å². The van der Waals surface area contributed by atoms with Gasteiger partial charge in [-0.05, 0) is 42.7 Å². The van der Waals surface area contributed by atoms with Crippen molar-refractivity contribution in [2.24, 2.45) is 0 Å². The summed E-state index contributed by atoms with van der Waals surface area (Å²) in [5.74, 6) is -1.16. The van der Waals surface area contributed by atoms with Gasteiger partial charge in [0.1, 0.15) is 11.5 Å². The second-order valence-electron chi connectivity index (χ2n) is 4.79. The average molecular weight is 292 g/mol. The van der Waals surface area contributed by atoms with Crippen LogP contribution in [0.25, 0.3) is 0 Å². The molecule has 2 aromatic carbocycles. The number of hydrogen-bond acceptors (Lipinski definition) is 3. The molecule has 0 aliphatic rings. The van der Waals surface area contributed by atoms with Crippen LogP contribution < -0.4 is 5.32 Å². The molecule has 1 N–H and O–H groups in total. The van der Waals surface area contributed by atoms with Gasteiger partial charge in [0.05, 0.1) is 4.92 Å². The number of halogens is 2. The Kier molecular flexibility index (Phi) is 4.16. The summed E-state index contributed by atoms with van der Waals surface area (Å²) in [4.78, 5) is 10.1. The number of nitrogens with one attached hydrogen (secondary N) is 1. The van der Waals surface area contributed by atoms with E-state index in [0.717, 1.165) is 11.6 Å². The maximum absolute atomic E-state index is 13.5. The van der Waals surface area contributed by atoms with Gasteiger partial charge in [0.2, 0.25) is 5.82 Å². The predicted molar refractivity (Wildman–Crippen MR) is 76.3 cm³/mol. The summed E-state index contributed by atoms with van der Waals surface area (Å²) in [6.45, 7) is 3.54. The first-order valence-corrected chi connectivity index (χ1v) is 6.32. The van der Waals surface area contributed by atoms with Crippen molar-refractivity contribution in [2.75, 3.05) is 5.32 Å². The van der Waals surface area contributed by atoms with Crippen molar-refractivity contribution in [1.29, 1.82) is 0 Å². The molecule has 0 saturated heterocycles. The zero-order valence-electron chi connectivity index (χ0n) is 11.6. The van der Waals surface area contributed by atoms with Crippen LogP contribution in [0.5, 0.6) is 0 Å². The van der Waals surface area contributed by atoms with Crippen molar-refractivity contribution >= 4 is 11.4 Å². The summed E-state index contributed by atoms with van der Waals surface area (Å²) in [5, 5.41) is 13.7. The van der Waals surface area contributed by atoms with Crippen LogP contribution in [0.15, 0.2) is 30.3 Å². The maximum atomic E-state index is 13.5. The van der Waals surface area contributed by atoms with E-state index in [1.165, 1.54) is 12.1 Å². The molecule has 2 aromatic rings. The summed E-state index contributed by atoms with van der Waals surface area (Å²) in [6, 6.07) is 7.17. The molecule has 0 unspecified atom stereocenters. The van der Waals surface area contributed by atoms with E-state index < -0.39 is 16.4 Å².